The quantitative estimate of drug-likeness (QED) is 0.908. The first kappa shape index (κ1) is 14.9. The number of hydrogen-bond acceptors (Lipinski definition) is 4. The molecule has 108 valence electrons. The van der Waals surface area contributed by atoms with E-state index in [1.807, 2.05) is 12.3 Å². The number of aryl methyl sites for hydroxylation is 1. The summed E-state index contributed by atoms with van der Waals surface area (Å²) in [5, 5.41) is 4.59. The predicted octanol–water partition coefficient (Wildman–Crippen LogP) is 4.37. The maximum Gasteiger partial charge on any atom is 0.142 e. The molecule has 0 fully saturated rings. The Hall–Kier alpha value is -1.55. The summed E-state index contributed by atoms with van der Waals surface area (Å²) in [5.41, 5.74) is 2.33. The predicted molar refractivity (Wildman–Crippen MR) is 85.9 cm³/mol. The zero-order chi connectivity index (χ0) is 14.8. The van der Waals surface area contributed by atoms with Crippen LogP contribution in [0.2, 0.25) is 0 Å². The first-order chi connectivity index (χ1) is 9.40. The van der Waals surface area contributed by atoms with E-state index in [9.17, 15) is 0 Å². The van der Waals surface area contributed by atoms with Crippen LogP contribution in [0.3, 0.4) is 0 Å². The Morgan fingerprint density at radius 1 is 1.30 bits per heavy atom. The number of nitrogens with zero attached hydrogens (tertiary/aromatic N) is 1. The second kappa shape index (κ2) is 5.83. The van der Waals surface area contributed by atoms with Gasteiger partial charge in [-0.3, -0.25) is 0 Å². The van der Waals surface area contributed by atoms with Crippen molar-refractivity contribution in [3.63, 3.8) is 0 Å². The van der Waals surface area contributed by atoms with Crippen LogP contribution in [0, 0.1) is 6.92 Å². The molecule has 0 bridgehead atoms. The van der Waals surface area contributed by atoms with Gasteiger partial charge in [0.15, 0.2) is 0 Å². The van der Waals surface area contributed by atoms with Gasteiger partial charge in [0.1, 0.15) is 5.75 Å². The molecule has 1 aromatic carbocycles. The van der Waals surface area contributed by atoms with Gasteiger partial charge in [0, 0.05) is 16.5 Å². The van der Waals surface area contributed by atoms with Crippen molar-refractivity contribution in [3.8, 4) is 5.75 Å². The van der Waals surface area contributed by atoms with Crippen LogP contribution in [-0.4, -0.2) is 12.1 Å². The Kier molecular flexibility index (Phi) is 4.33. The lowest BCUT2D eigenvalue weighted by Crippen LogP contribution is -2.09. The number of thiazole rings is 1. The molecule has 1 aromatic heterocycles. The van der Waals surface area contributed by atoms with Crippen molar-refractivity contribution in [1.82, 2.24) is 4.98 Å². The van der Waals surface area contributed by atoms with E-state index in [1.165, 1.54) is 15.4 Å². The number of rotatable bonds is 4. The standard InChI is InChI=1S/C16H22N2OS/c1-11-6-7-13(14(8-11)19-5)17-9-12-10-18-15(20-12)16(2,3)4/h6-8,10,17H,9H2,1-5H3. The summed E-state index contributed by atoms with van der Waals surface area (Å²) in [7, 11) is 1.70. The molecule has 0 radical (unpaired) electrons. The highest BCUT2D eigenvalue weighted by Gasteiger charge is 2.17. The minimum Gasteiger partial charge on any atom is -0.495 e. The maximum absolute atomic E-state index is 5.40. The van der Waals surface area contributed by atoms with Crippen molar-refractivity contribution in [3.05, 3.63) is 39.8 Å². The molecular formula is C16H22N2OS. The molecule has 0 spiro atoms. The molecular weight excluding hydrogens is 268 g/mol. The lowest BCUT2D eigenvalue weighted by Gasteiger charge is -2.13. The summed E-state index contributed by atoms with van der Waals surface area (Å²) in [6.45, 7) is 9.39. The molecule has 20 heavy (non-hydrogen) atoms. The van der Waals surface area contributed by atoms with E-state index in [1.54, 1.807) is 18.4 Å². The zero-order valence-corrected chi connectivity index (χ0v) is 13.6. The number of hydrogen-bond donors (Lipinski definition) is 1. The third-order valence-corrected chi connectivity index (χ3v) is 4.43. The van der Waals surface area contributed by atoms with Crippen LogP contribution in [0.15, 0.2) is 24.4 Å². The largest absolute Gasteiger partial charge is 0.495 e. The van der Waals surface area contributed by atoms with Crippen LogP contribution >= 0.6 is 11.3 Å². The van der Waals surface area contributed by atoms with Crippen molar-refractivity contribution in [1.29, 1.82) is 0 Å². The number of benzene rings is 1. The molecule has 2 aromatic rings. The molecule has 0 saturated carbocycles. The summed E-state index contributed by atoms with van der Waals surface area (Å²) in [4.78, 5) is 5.74. The van der Waals surface area contributed by atoms with Crippen molar-refractivity contribution in [2.24, 2.45) is 0 Å². The van der Waals surface area contributed by atoms with Crippen LogP contribution in [0.1, 0.15) is 36.2 Å². The minimum atomic E-state index is 0.116. The van der Waals surface area contributed by atoms with E-state index in [0.717, 1.165) is 18.0 Å². The summed E-state index contributed by atoms with van der Waals surface area (Å²) >= 11 is 1.76. The molecule has 1 heterocycles. The van der Waals surface area contributed by atoms with Gasteiger partial charge in [-0.25, -0.2) is 4.98 Å². The molecule has 1 N–H and O–H groups in total. The fraction of sp³-hybridized carbons (Fsp3) is 0.438. The van der Waals surface area contributed by atoms with Crippen LogP contribution in [0.25, 0.3) is 0 Å². The van der Waals surface area contributed by atoms with Gasteiger partial charge in [-0.05, 0) is 24.6 Å². The van der Waals surface area contributed by atoms with Crippen LogP contribution < -0.4 is 10.1 Å². The SMILES string of the molecule is COc1cc(C)ccc1NCc1cnc(C(C)(C)C)s1. The summed E-state index contributed by atoms with van der Waals surface area (Å²) in [6, 6.07) is 6.17. The van der Waals surface area contributed by atoms with Crippen LogP contribution in [0.5, 0.6) is 5.75 Å². The molecule has 3 nitrogen and oxygen atoms in total. The number of anilines is 1. The molecule has 0 aliphatic carbocycles. The second-order valence-electron chi connectivity index (χ2n) is 5.94. The highest BCUT2D eigenvalue weighted by molar-refractivity contribution is 7.11. The smallest absolute Gasteiger partial charge is 0.142 e. The molecule has 0 aliphatic heterocycles. The molecule has 4 heteroatoms. The second-order valence-corrected chi connectivity index (χ2v) is 7.05. The van der Waals surface area contributed by atoms with Gasteiger partial charge in [0.05, 0.1) is 24.3 Å². The third-order valence-electron chi connectivity index (χ3n) is 3.01. The summed E-state index contributed by atoms with van der Waals surface area (Å²) in [6.07, 6.45) is 1.96. The Balaban J connectivity index is 2.07. The third kappa shape index (κ3) is 3.51. The summed E-state index contributed by atoms with van der Waals surface area (Å²) < 4.78 is 5.40. The van der Waals surface area contributed by atoms with E-state index in [4.69, 9.17) is 4.74 Å². The Labute approximate surface area is 125 Å². The lowest BCUT2D eigenvalue weighted by atomic mass is 9.98. The number of nitrogens with one attached hydrogen (secondary N) is 1. The highest BCUT2D eigenvalue weighted by atomic mass is 32.1. The maximum atomic E-state index is 5.40. The van der Waals surface area contributed by atoms with Gasteiger partial charge in [-0.2, -0.15) is 0 Å². The van der Waals surface area contributed by atoms with E-state index in [2.05, 4.69) is 50.1 Å². The fourth-order valence-electron chi connectivity index (χ4n) is 1.86. The molecule has 2 rings (SSSR count). The number of methoxy groups -OCH3 is 1. The molecule has 0 saturated heterocycles. The van der Waals surface area contributed by atoms with E-state index >= 15 is 0 Å². The van der Waals surface area contributed by atoms with Crippen LogP contribution in [-0.2, 0) is 12.0 Å². The minimum absolute atomic E-state index is 0.116. The van der Waals surface area contributed by atoms with Crippen LogP contribution in [0.4, 0.5) is 5.69 Å². The van der Waals surface area contributed by atoms with Gasteiger partial charge < -0.3 is 10.1 Å². The Morgan fingerprint density at radius 3 is 2.65 bits per heavy atom. The van der Waals surface area contributed by atoms with Gasteiger partial charge in [-0.1, -0.05) is 26.8 Å². The van der Waals surface area contributed by atoms with Crippen molar-refractivity contribution < 1.29 is 4.74 Å². The topological polar surface area (TPSA) is 34.1 Å². The van der Waals surface area contributed by atoms with E-state index < -0.39 is 0 Å². The van der Waals surface area contributed by atoms with E-state index in [0.29, 0.717) is 0 Å². The zero-order valence-electron chi connectivity index (χ0n) is 12.8. The first-order valence-corrected chi connectivity index (χ1v) is 7.55. The Morgan fingerprint density at radius 2 is 2.05 bits per heavy atom. The van der Waals surface area contributed by atoms with Crippen molar-refractivity contribution >= 4 is 17.0 Å². The molecule has 0 unspecified atom stereocenters. The van der Waals surface area contributed by atoms with Gasteiger partial charge in [0.25, 0.3) is 0 Å². The van der Waals surface area contributed by atoms with Crippen molar-refractivity contribution in [2.45, 2.75) is 39.7 Å². The number of aromatic nitrogens is 1. The average molecular weight is 290 g/mol. The van der Waals surface area contributed by atoms with Gasteiger partial charge in [0.2, 0.25) is 0 Å². The summed E-state index contributed by atoms with van der Waals surface area (Å²) in [5.74, 6) is 0.880. The molecule has 0 atom stereocenters. The highest BCUT2D eigenvalue weighted by Crippen LogP contribution is 2.29. The van der Waals surface area contributed by atoms with Crippen molar-refractivity contribution in [2.75, 3.05) is 12.4 Å². The average Bonchev–Trinajstić information content (AvgIpc) is 2.86. The number of ether oxygens (including phenoxy) is 1. The normalized spacial score (nSPS) is 11.4. The van der Waals surface area contributed by atoms with Gasteiger partial charge >= 0.3 is 0 Å². The first-order valence-electron chi connectivity index (χ1n) is 6.74. The lowest BCUT2D eigenvalue weighted by molar-refractivity contribution is 0.416. The molecule has 0 aliphatic rings. The molecule has 0 amide bonds. The fourth-order valence-corrected chi connectivity index (χ4v) is 2.77. The Bertz CT molecular complexity index is 584. The van der Waals surface area contributed by atoms with E-state index in [-0.39, 0.29) is 5.41 Å². The van der Waals surface area contributed by atoms with Gasteiger partial charge in [-0.15, -0.1) is 11.3 Å². The monoisotopic (exact) mass is 290 g/mol.